The molecule has 0 saturated heterocycles. The highest BCUT2D eigenvalue weighted by Crippen LogP contribution is 2.14. The summed E-state index contributed by atoms with van der Waals surface area (Å²) in [4.78, 5) is 38.4. The van der Waals surface area contributed by atoms with Gasteiger partial charge in [0, 0.05) is 19.3 Å². The third kappa shape index (κ3) is 67.2. The standard InChI is InChI=1S/C77H120O6/c1-4-7-10-13-16-19-22-25-28-31-34-35-36-37-38-39-40-41-44-46-49-52-55-58-61-64-67-70-76(79)82-73-74(83-77(80)71-68-65-62-59-56-53-50-47-43-33-30-27-24-21-18-15-12-9-6-3)72-81-75(78)69-66-63-60-57-54-51-48-45-42-32-29-26-23-20-17-14-11-8-5-2/h7,9-10,12,16-21,25-30,34-35,37-38,40-41,43,46-47,49,53,55-56,58,74H,4-6,8,11,13-15,22-24,31-33,36,39,42,44-45,48,50-52,54,57,59-73H2,1-3H3/b10-7-,12-9-,19-16-,20-17-,21-18-,28-25-,29-26-,30-27-,35-34-,38-37-,41-40-,47-43-,49-46-,56-53-,58-55-. The molecule has 0 aromatic rings. The zero-order valence-electron chi connectivity index (χ0n) is 53.1. The molecule has 0 amide bonds. The van der Waals surface area contributed by atoms with Crippen LogP contribution < -0.4 is 0 Å². The molecule has 0 rings (SSSR count). The number of rotatable bonds is 58. The van der Waals surface area contributed by atoms with Gasteiger partial charge in [0.15, 0.2) is 6.10 Å². The van der Waals surface area contributed by atoms with Crippen LogP contribution in [0, 0.1) is 0 Å². The lowest BCUT2D eigenvalue weighted by Crippen LogP contribution is -2.30. The maximum atomic E-state index is 12.9. The van der Waals surface area contributed by atoms with Crippen LogP contribution >= 0.6 is 0 Å². The Labute approximate surface area is 510 Å². The SMILES string of the molecule is CC/C=C\C/C=C\C/C=C\C/C=C\C/C=C\C/C=C\C/C=C\C/C=C\CCCCC(=O)OCC(COC(=O)CCCCCCCCCCC/C=C\C/C=C\CCCCC)OC(=O)CCCCC/C=C\C/C=C\C/C=C\C/C=C\C/C=C\CC. The Balaban J connectivity index is 4.56. The molecule has 0 aliphatic carbocycles. The summed E-state index contributed by atoms with van der Waals surface area (Å²) in [5.41, 5.74) is 0. The molecule has 0 spiro atoms. The first-order valence-electron chi connectivity index (χ1n) is 33.3. The molecule has 0 aromatic carbocycles. The van der Waals surface area contributed by atoms with Crippen molar-refractivity contribution in [1.82, 2.24) is 0 Å². The van der Waals surface area contributed by atoms with E-state index >= 15 is 0 Å². The third-order valence-corrected chi connectivity index (χ3v) is 13.4. The van der Waals surface area contributed by atoms with E-state index in [-0.39, 0.29) is 44.0 Å². The second-order valence-electron chi connectivity index (χ2n) is 21.3. The molecular formula is C77H120O6. The highest BCUT2D eigenvalue weighted by Gasteiger charge is 2.19. The Morgan fingerprint density at radius 2 is 0.470 bits per heavy atom. The number of hydrogen-bond donors (Lipinski definition) is 0. The summed E-state index contributed by atoms with van der Waals surface area (Å²) < 4.78 is 16.9. The van der Waals surface area contributed by atoms with Gasteiger partial charge >= 0.3 is 17.9 Å². The Bertz CT molecular complexity index is 1940. The van der Waals surface area contributed by atoms with E-state index in [0.29, 0.717) is 19.3 Å². The number of hydrogen-bond acceptors (Lipinski definition) is 6. The van der Waals surface area contributed by atoms with Crippen molar-refractivity contribution < 1.29 is 28.6 Å². The van der Waals surface area contributed by atoms with E-state index in [1.54, 1.807) is 0 Å². The molecule has 0 aliphatic rings. The fourth-order valence-corrected chi connectivity index (χ4v) is 8.46. The minimum absolute atomic E-state index is 0.117. The van der Waals surface area contributed by atoms with Crippen molar-refractivity contribution in [3.05, 3.63) is 182 Å². The van der Waals surface area contributed by atoms with Gasteiger partial charge in [0.05, 0.1) is 0 Å². The predicted molar refractivity (Wildman–Crippen MR) is 361 cm³/mol. The Kier molecular flexibility index (Phi) is 64.4. The number of allylic oxidation sites excluding steroid dienone is 30. The van der Waals surface area contributed by atoms with Crippen LogP contribution in [-0.4, -0.2) is 37.2 Å². The average Bonchev–Trinajstić information content (AvgIpc) is 3.50. The molecule has 6 nitrogen and oxygen atoms in total. The van der Waals surface area contributed by atoms with Crippen LogP contribution in [0.1, 0.15) is 265 Å². The third-order valence-electron chi connectivity index (χ3n) is 13.4. The first-order chi connectivity index (χ1) is 41.0. The molecule has 0 fully saturated rings. The number of carbonyl (C=O) groups excluding carboxylic acids is 3. The molecule has 1 atom stereocenters. The van der Waals surface area contributed by atoms with E-state index < -0.39 is 6.10 Å². The monoisotopic (exact) mass is 1140 g/mol. The highest BCUT2D eigenvalue weighted by atomic mass is 16.6. The molecule has 0 heterocycles. The summed E-state index contributed by atoms with van der Waals surface area (Å²) in [5, 5.41) is 0. The van der Waals surface area contributed by atoms with Crippen LogP contribution in [0.4, 0.5) is 0 Å². The fourth-order valence-electron chi connectivity index (χ4n) is 8.46. The van der Waals surface area contributed by atoms with Crippen LogP contribution in [0.25, 0.3) is 0 Å². The molecule has 0 radical (unpaired) electrons. The summed E-state index contributed by atoms with van der Waals surface area (Å²) in [6.07, 6.45) is 103. The molecule has 0 N–H and O–H groups in total. The van der Waals surface area contributed by atoms with E-state index in [9.17, 15) is 14.4 Å². The van der Waals surface area contributed by atoms with Gasteiger partial charge in [-0.15, -0.1) is 0 Å². The maximum Gasteiger partial charge on any atom is 0.306 e. The second kappa shape index (κ2) is 69.0. The van der Waals surface area contributed by atoms with E-state index in [4.69, 9.17) is 14.2 Å². The van der Waals surface area contributed by atoms with Crippen molar-refractivity contribution in [2.45, 2.75) is 271 Å². The van der Waals surface area contributed by atoms with Crippen molar-refractivity contribution in [2.24, 2.45) is 0 Å². The van der Waals surface area contributed by atoms with Crippen LogP contribution in [0.5, 0.6) is 0 Å². The molecule has 0 aliphatic heterocycles. The number of ether oxygens (including phenoxy) is 3. The molecule has 0 saturated carbocycles. The van der Waals surface area contributed by atoms with Crippen LogP contribution in [-0.2, 0) is 28.6 Å². The molecule has 1 unspecified atom stereocenters. The van der Waals surface area contributed by atoms with Crippen LogP contribution in [0.15, 0.2) is 182 Å². The fraction of sp³-hybridized carbons (Fsp3) is 0.571. The minimum Gasteiger partial charge on any atom is -0.462 e. The van der Waals surface area contributed by atoms with Gasteiger partial charge in [-0.05, 0) is 161 Å². The van der Waals surface area contributed by atoms with E-state index in [0.717, 1.165) is 141 Å². The molecule has 0 aromatic heterocycles. The van der Waals surface area contributed by atoms with Gasteiger partial charge in [-0.1, -0.05) is 267 Å². The van der Waals surface area contributed by atoms with Crippen molar-refractivity contribution in [1.29, 1.82) is 0 Å². The summed E-state index contributed by atoms with van der Waals surface area (Å²) in [6, 6.07) is 0. The summed E-state index contributed by atoms with van der Waals surface area (Å²) in [6.45, 7) is 6.32. The quantitative estimate of drug-likeness (QED) is 0.0261. The molecule has 464 valence electrons. The lowest BCUT2D eigenvalue weighted by atomic mass is 10.1. The number of unbranched alkanes of at least 4 members (excludes halogenated alkanes) is 17. The van der Waals surface area contributed by atoms with Gasteiger partial charge in [-0.25, -0.2) is 0 Å². The summed E-state index contributed by atoms with van der Waals surface area (Å²) in [5.74, 6) is -1.00. The zero-order chi connectivity index (χ0) is 59.9. The van der Waals surface area contributed by atoms with Gasteiger partial charge in [-0.2, -0.15) is 0 Å². The Morgan fingerprint density at radius 1 is 0.253 bits per heavy atom. The predicted octanol–water partition coefficient (Wildman–Crippen LogP) is 23.2. The van der Waals surface area contributed by atoms with E-state index in [2.05, 4.69) is 203 Å². The smallest absolute Gasteiger partial charge is 0.306 e. The van der Waals surface area contributed by atoms with E-state index in [1.165, 1.54) is 70.6 Å². The maximum absolute atomic E-state index is 12.9. The number of carbonyl (C=O) groups is 3. The molecule has 6 heteroatoms. The van der Waals surface area contributed by atoms with Crippen LogP contribution in [0.3, 0.4) is 0 Å². The minimum atomic E-state index is -0.828. The van der Waals surface area contributed by atoms with E-state index in [1.807, 2.05) is 0 Å². The first-order valence-corrected chi connectivity index (χ1v) is 33.3. The lowest BCUT2D eigenvalue weighted by molar-refractivity contribution is -0.167. The molecule has 83 heavy (non-hydrogen) atoms. The molecule has 0 bridgehead atoms. The first kappa shape index (κ1) is 77.5. The van der Waals surface area contributed by atoms with Crippen molar-refractivity contribution in [2.75, 3.05) is 13.2 Å². The van der Waals surface area contributed by atoms with Gasteiger partial charge in [0.1, 0.15) is 13.2 Å². The topological polar surface area (TPSA) is 78.9 Å². The zero-order valence-corrected chi connectivity index (χ0v) is 53.1. The van der Waals surface area contributed by atoms with Crippen molar-refractivity contribution in [3.8, 4) is 0 Å². The lowest BCUT2D eigenvalue weighted by Gasteiger charge is -2.18. The van der Waals surface area contributed by atoms with Gasteiger partial charge < -0.3 is 14.2 Å². The van der Waals surface area contributed by atoms with Gasteiger partial charge in [0.2, 0.25) is 0 Å². The summed E-state index contributed by atoms with van der Waals surface area (Å²) in [7, 11) is 0. The van der Waals surface area contributed by atoms with Gasteiger partial charge in [0.25, 0.3) is 0 Å². The summed E-state index contributed by atoms with van der Waals surface area (Å²) >= 11 is 0. The Hall–Kier alpha value is -5.49. The van der Waals surface area contributed by atoms with Crippen molar-refractivity contribution >= 4 is 17.9 Å². The normalized spacial score (nSPS) is 13.3. The highest BCUT2D eigenvalue weighted by molar-refractivity contribution is 5.71. The molecular weight excluding hydrogens is 1020 g/mol. The van der Waals surface area contributed by atoms with Gasteiger partial charge in [-0.3, -0.25) is 14.4 Å². The Morgan fingerprint density at radius 3 is 0.771 bits per heavy atom. The average molecular weight is 1140 g/mol. The second-order valence-corrected chi connectivity index (χ2v) is 21.3. The van der Waals surface area contributed by atoms with Crippen molar-refractivity contribution in [3.63, 3.8) is 0 Å². The largest absolute Gasteiger partial charge is 0.462 e. The number of esters is 3. The van der Waals surface area contributed by atoms with Crippen LogP contribution in [0.2, 0.25) is 0 Å².